The Kier molecular flexibility index (Phi) is 9.91. The lowest BCUT2D eigenvalue weighted by Gasteiger charge is -2.37. The molecular weight excluding hydrogens is 547 g/mol. The molecule has 10 heteroatoms. The number of Topliss-reactive ketones (excluding diaryl/α,β-unsaturated/α-hetero) is 1. The predicted octanol–water partition coefficient (Wildman–Crippen LogP) is 5.44. The molecule has 7 nitrogen and oxygen atoms in total. The molecule has 5 rings (SSSR count). The van der Waals surface area contributed by atoms with Gasteiger partial charge in [0.05, 0.1) is 12.6 Å². The van der Waals surface area contributed by atoms with Crippen molar-refractivity contribution in [1.82, 2.24) is 10.2 Å². The number of benzene rings is 1. The molecule has 230 valence electrons. The van der Waals surface area contributed by atoms with Crippen molar-refractivity contribution in [2.45, 2.75) is 89.1 Å². The van der Waals surface area contributed by atoms with Gasteiger partial charge in [-0.15, -0.1) is 0 Å². The van der Waals surface area contributed by atoms with Crippen LogP contribution in [0, 0.1) is 23.7 Å². The summed E-state index contributed by atoms with van der Waals surface area (Å²) in [4.78, 5) is 41.9. The van der Waals surface area contributed by atoms with E-state index < -0.39 is 37.6 Å². The predicted molar refractivity (Wildman–Crippen MR) is 153 cm³/mol. The Balaban J connectivity index is 1.31. The summed E-state index contributed by atoms with van der Waals surface area (Å²) in [5.41, 5.74) is 7.11. The van der Waals surface area contributed by atoms with Crippen LogP contribution in [0.2, 0.25) is 0 Å². The van der Waals surface area contributed by atoms with Crippen LogP contribution in [0.3, 0.4) is 0 Å². The number of hydrogen-bond donors (Lipinski definition) is 2. The zero-order valence-electron chi connectivity index (χ0n) is 24.0. The summed E-state index contributed by atoms with van der Waals surface area (Å²) >= 11 is 0. The Labute approximate surface area is 244 Å². The van der Waals surface area contributed by atoms with Gasteiger partial charge in [0.15, 0.2) is 11.5 Å². The number of carbonyl (C=O) groups is 3. The molecule has 0 spiro atoms. The molecular formula is C32H42F3N3O4. The zero-order chi connectivity index (χ0) is 29.8. The molecule has 2 heterocycles. The number of nitrogens with one attached hydrogen (secondary N) is 1. The Morgan fingerprint density at radius 3 is 2.43 bits per heavy atom. The molecule has 3 aliphatic rings. The van der Waals surface area contributed by atoms with Crippen molar-refractivity contribution >= 4 is 28.6 Å². The van der Waals surface area contributed by atoms with Gasteiger partial charge in [-0.1, -0.05) is 38.2 Å². The summed E-state index contributed by atoms with van der Waals surface area (Å²) in [6, 6.07) is 5.78. The van der Waals surface area contributed by atoms with Gasteiger partial charge < -0.3 is 20.4 Å². The first kappa shape index (κ1) is 30.6. The van der Waals surface area contributed by atoms with E-state index in [4.69, 9.17) is 10.2 Å². The number of alkyl halides is 3. The summed E-state index contributed by atoms with van der Waals surface area (Å²) in [5.74, 6) is -0.230. The molecule has 1 aromatic heterocycles. The van der Waals surface area contributed by atoms with Crippen LogP contribution in [0.4, 0.5) is 13.2 Å². The highest BCUT2D eigenvalue weighted by Crippen LogP contribution is 2.41. The molecule has 3 N–H and O–H groups in total. The zero-order valence-corrected chi connectivity index (χ0v) is 24.0. The number of hydrogen-bond acceptors (Lipinski definition) is 5. The van der Waals surface area contributed by atoms with Crippen LogP contribution in [-0.2, 0) is 16.0 Å². The smallest absolute Gasteiger partial charge is 0.287 e. The monoisotopic (exact) mass is 589 g/mol. The average molecular weight is 590 g/mol. The fraction of sp³-hybridized carbons (Fsp3) is 0.656. The summed E-state index contributed by atoms with van der Waals surface area (Å²) in [6.45, 7) is -0.730. The SMILES string of the molecule is N[C@H](CF)C1CCC(C(=O)N2CC[C@@H](C3CCCCC3)[C@H]2C(=O)Cc2ccc3oc(C(=O)NCC(F)F)cc3c2)CC1. The third-order valence-electron chi connectivity index (χ3n) is 9.82. The molecule has 2 amide bonds. The fourth-order valence-corrected chi connectivity index (χ4v) is 7.56. The molecule has 0 radical (unpaired) electrons. The van der Waals surface area contributed by atoms with Gasteiger partial charge in [0.1, 0.15) is 12.3 Å². The molecule has 3 atom stereocenters. The van der Waals surface area contributed by atoms with Gasteiger partial charge >= 0.3 is 0 Å². The van der Waals surface area contributed by atoms with E-state index in [1.54, 1.807) is 18.2 Å². The van der Waals surface area contributed by atoms with E-state index in [-0.39, 0.29) is 41.6 Å². The Morgan fingerprint density at radius 2 is 1.74 bits per heavy atom. The molecule has 1 aromatic carbocycles. The van der Waals surface area contributed by atoms with Crippen LogP contribution in [0.1, 0.15) is 80.3 Å². The molecule has 1 aliphatic heterocycles. The molecule has 2 saturated carbocycles. The number of furan rings is 1. The van der Waals surface area contributed by atoms with Crippen molar-refractivity contribution in [1.29, 1.82) is 0 Å². The quantitative estimate of drug-likeness (QED) is 0.384. The fourth-order valence-electron chi connectivity index (χ4n) is 7.56. The van der Waals surface area contributed by atoms with Crippen LogP contribution in [-0.4, -0.2) is 60.8 Å². The number of rotatable bonds is 10. The Morgan fingerprint density at radius 1 is 1.00 bits per heavy atom. The Hall–Kier alpha value is -2.88. The highest BCUT2D eigenvalue weighted by molar-refractivity contribution is 5.97. The number of carbonyl (C=O) groups excluding carboxylic acids is 3. The van der Waals surface area contributed by atoms with Crippen LogP contribution in [0.25, 0.3) is 11.0 Å². The molecule has 3 fully saturated rings. The minimum Gasteiger partial charge on any atom is -0.451 e. The molecule has 0 bridgehead atoms. The maximum absolute atomic E-state index is 14.0. The molecule has 2 aliphatic carbocycles. The number of halogens is 3. The highest BCUT2D eigenvalue weighted by atomic mass is 19.3. The number of ketones is 1. The van der Waals surface area contributed by atoms with E-state index in [9.17, 15) is 27.6 Å². The summed E-state index contributed by atoms with van der Waals surface area (Å²) in [5, 5.41) is 2.74. The summed E-state index contributed by atoms with van der Waals surface area (Å²) in [7, 11) is 0. The summed E-state index contributed by atoms with van der Waals surface area (Å²) < 4.78 is 43.6. The van der Waals surface area contributed by atoms with Crippen LogP contribution < -0.4 is 11.1 Å². The third kappa shape index (κ3) is 6.84. The normalized spacial score (nSPS) is 26.1. The van der Waals surface area contributed by atoms with Crippen LogP contribution in [0.15, 0.2) is 28.7 Å². The minimum absolute atomic E-state index is 0.0160. The van der Waals surface area contributed by atoms with E-state index >= 15 is 0 Å². The number of amides is 2. The summed E-state index contributed by atoms with van der Waals surface area (Å²) in [6.07, 6.45) is 6.79. The number of nitrogens with two attached hydrogens (primary N) is 1. The molecule has 0 unspecified atom stereocenters. The van der Waals surface area contributed by atoms with E-state index in [0.717, 1.165) is 50.5 Å². The third-order valence-corrected chi connectivity index (χ3v) is 9.82. The van der Waals surface area contributed by atoms with E-state index in [1.165, 1.54) is 12.5 Å². The van der Waals surface area contributed by atoms with Gasteiger partial charge in [-0.3, -0.25) is 14.4 Å². The lowest BCUT2D eigenvalue weighted by atomic mass is 9.75. The second-order valence-corrected chi connectivity index (χ2v) is 12.5. The number of likely N-dealkylation sites (tertiary alicyclic amines) is 1. The minimum atomic E-state index is -2.66. The van der Waals surface area contributed by atoms with Crippen LogP contribution >= 0.6 is 0 Å². The van der Waals surface area contributed by atoms with Gasteiger partial charge in [-0.05, 0) is 73.6 Å². The van der Waals surface area contributed by atoms with Crippen molar-refractivity contribution in [3.8, 4) is 0 Å². The van der Waals surface area contributed by atoms with Crippen molar-refractivity contribution in [2.24, 2.45) is 29.4 Å². The van der Waals surface area contributed by atoms with Crippen molar-refractivity contribution in [2.75, 3.05) is 19.8 Å². The molecule has 2 aromatic rings. The maximum Gasteiger partial charge on any atom is 0.287 e. The molecule has 42 heavy (non-hydrogen) atoms. The van der Waals surface area contributed by atoms with E-state index in [2.05, 4.69) is 5.32 Å². The average Bonchev–Trinajstić information content (AvgIpc) is 3.64. The highest BCUT2D eigenvalue weighted by Gasteiger charge is 2.46. The Bertz CT molecular complexity index is 1250. The van der Waals surface area contributed by atoms with Gasteiger partial charge in [0, 0.05) is 30.3 Å². The maximum atomic E-state index is 14.0. The first-order valence-electron chi connectivity index (χ1n) is 15.5. The van der Waals surface area contributed by atoms with Gasteiger partial charge in [-0.25, -0.2) is 13.2 Å². The van der Waals surface area contributed by atoms with Crippen LogP contribution in [0.5, 0.6) is 0 Å². The molecule has 1 saturated heterocycles. The first-order valence-corrected chi connectivity index (χ1v) is 15.5. The van der Waals surface area contributed by atoms with Crippen molar-refractivity contribution in [3.63, 3.8) is 0 Å². The second kappa shape index (κ2) is 13.6. The van der Waals surface area contributed by atoms with Crippen molar-refractivity contribution < 1.29 is 32.0 Å². The van der Waals surface area contributed by atoms with E-state index in [0.29, 0.717) is 36.3 Å². The standard InChI is InChI=1S/C32H42F3N3O4/c33-17-25(36)21-7-9-22(10-8-21)32(41)38-13-12-24(20-4-2-1-3-5-20)30(38)26(39)15-19-6-11-27-23(14-19)16-28(42-27)31(40)37-18-29(34)35/h6,11,14,16,20-22,24-25,29-30H,1-5,7-10,12-13,15,17-18,36H2,(H,37,40)/t21?,22?,24-,25+,30-/m0/s1. The lowest BCUT2D eigenvalue weighted by molar-refractivity contribution is -0.143. The van der Waals surface area contributed by atoms with Gasteiger partial charge in [-0.2, -0.15) is 0 Å². The number of fused-ring (bicyclic) bond motifs is 1. The first-order chi connectivity index (χ1) is 20.2. The topological polar surface area (TPSA) is 106 Å². The largest absolute Gasteiger partial charge is 0.451 e. The lowest BCUT2D eigenvalue weighted by Crippen LogP contribution is -2.48. The van der Waals surface area contributed by atoms with Crippen molar-refractivity contribution in [3.05, 3.63) is 35.6 Å². The van der Waals surface area contributed by atoms with E-state index in [1.807, 2.05) is 4.90 Å². The second-order valence-electron chi connectivity index (χ2n) is 12.5. The van der Waals surface area contributed by atoms with Gasteiger partial charge in [0.2, 0.25) is 5.91 Å². The van der Waals surface area contributed by atoms with Gasteiger partial charge in [0.25, 0.3) is 12.3 Å². The number of nitrogens with zero attached hydrogens (tertiary/aromatic N) is 1.